The average Bonchev–Trinajstić information content (AvgIpc) is 2.64. The van der Waals surface area contributed by atoms with Crippen molar-refractivity contribution in [3.63, 3.8) is 0 Å². The molecule has 136 valence electrons. The maximum atomic E-state index is 12.1. The molecule has 7 heteroatoms. The minimum Gasteiger partial charge on any atom is -0.482 e. The van der Waals surface area contributed by atoms with Gasteiger partial charge in [0.25, 0.3) is 5.91 Å². The Labute approximate surface area is 153 Å². The first-order valence-corrected chi connectivity index (χ1v) is 9.95. The Balaban J connectivity index is 1.69. The fourth-order valence-corrected chi connectivity index (χ4v) is 3.73. The number of carbonyl (C=O) groups excluding carboxylic acids is 1. The zero-order chi connectivity index (χ0) is 18.8. The Morgan fingerprint density at radius 3 is 2.50 bits per heavy atom. The summed E-state index contributed by atoms with van der Waals surface area (Å²) in [5.41, 5.74) is 1.10. The Kier molecular flexibility index (Phi) is 7.18. The van der Waals surface area contributed by atoms with Crippen molar-refractivity contribution in [2.45, 2.75) is 12.2 Å². The molecule has 2 aromatic rings. The lowest BCUT2D eigenvalue weighted by molar-refractivity contribution is -0.123. The van der Waals surface area contributed by atoms with Gasteiger partial charge in [-0.3, -0.25) is 4.79 Å². The Morgan fingerprint density at radius 2 is 1.77 bits per heavy atom. The summed E-state index contributed by atoms with van der Waals surface area (Å²) in [7, 11) is -3.22. The number of carbonyl (C=O) groups is 1. The molecule has 0 aliphatic heterocycles. The van der Waals surface area contributed by atoms with Crippen LogP contribution in [0, 0.1) is 11.3 Å². The van der Waals surface area contributed by atoms with E-state index in [4.69, 9.17) is 10.00 Å². The van der Waals surface area contributed by atoms with E-state index in [0.717, 1.165) is 5.56 Å². The van der Waals surface area contributed by atoms with Gasteiger partial charge < -0.3 is 10.1 Å². The van der Waals surface area contributed by atoms with Gasteiger partial charge in [-0.15, -0.1) is 0 Å². The summed E-state index contributed by atoms with van der Waals surface area (Å²) in [5.74, 6) is -0.0235. The van der Waals surface area contributed by atoms with Crippen molar-refractivity contribution >= 4 is 15.7 Å². The second-order valence-electron chi connectivity index (χ2n) is 5.68. The van der Waals surface area contributed by atoms with Gasteiger partial charge in [0.15, 0.2) is 16.4 Å². The highest BCUT2D eigenvalue weighted by Crippen LogP contribution is 2.16. The van der Waals surface area contributed by atoms with Crippen LogP contribution in [-0.4, -0.2) is 33.2 Å². The predicted octanol–water partition coefficient (Wildman–Crippen LogP) is 2.06. The van der Waals surface area contributed by atoms with E-state index in [1.165, 1.54) is 0 Å². The van der Waals surface area contributed by atoms with Crippen molar-refractivity contribution in [3.05, 3.63) is 65.7 Å². The monoisotopic (exact) mass is 372 g/mol. The van der Waals surface area contributed by atoms with E-state index in [2.05, 4.69) is 5.32 Å². The first-order valence-electron chi connectivity index (χ1n) is 8.13. The number of amides is 1. The lowest BCUT2D eigenvalue weighted by Gasteiger charge is -2.09. The molecule has 0 heterocycles. The number of para-hydroxylation sites is 1. The Hall–Kier alpha value is -2.85. The lowest BCUT2D eigenvalue weighted by Crippen LogP contribution is -2.30. The minimum absolute atomic E-state index is 0.000295. The zero-order valence-corrected chi connectivity index (χ0v) is 15.0. The van der Waals surface area contributed by atoms with Crippen LogP contribution in [0.4, 0.5) is 0 Å². The van der Waals surface area contributed by atoms with E-state index in [1.54, 1.807) is 48.5 Å². The molecule has 0 aliphatic carbocycles. The molecule has 0 unspecified atom stereocenters. The second-order valence-corrected chi connectivity index (χ2v) is 7.86. The molecule has 0 aromatic heterocycles. The van der Waals surface area contributed by atoms with Crippen molar-refractivity contribution in [2.75, 3.05) is 18.9 Å². The summed E-state index contributed by atoms with van der Waals surface area (Å²) in [5, 5.41) is 11.6. The SMILES string of the molecule is N#Cc1ccccc1OCC(=O)NCCCS(=O)(=O)Cc1ccccc1. The van der Waals surface area contributed by atoms with Crippen molar-refractivity contribution in [2.24, 2.45) is 0 Å². The number of sulfone groups is 1. The maximum absolute atomic E-state index is 12.1. The van der Waals surface area contributed by atoms with Gasteiger partial charge in [0.2, 0.25) is 0 Å². The van der Waals surface area contributed by atoms with Gasteiger partial charge in [-0.2, -0.15) is 5.26 Å². The molecule has 0 bridgehead atoms. The lowest BCUT2D eigenvalue weighted by atomic mass is 10.2. The van der Waals surface area contributed by atoms with Gasteiger partial charge in [0.1, 0.15) is 11.8 Å². The fraction of sp³-hybridized carbons (Fsp3) is 0.263. The van der Waals surface area contributed by atoms with Gasteiger partial charge in [-0.25, -0.2) is 8.42 Å². The molecular weight excluding hydrogens is 352 g/mol. The number of nitriles is 1. The van der Waals surface area contributed by atoms with Crippen molar-refractivity contribution in [1.82, 2.24) is 5.32 Å². The quantitative estimate of drug-likeness (QED) is 0.680. The third-order valence-electron chi connectivity index (χ3n) is 3.55. The number of nitrogens with one attached hydrogen (secondary N) is 1. The minimum atomic E-state index is -3.22. The molecule has 1 N–H and O–H groups in total. The molecule has 2 aromatic carbocycles. The van der Waals surface area contributed by atoms with E-state index in [0.29, 0.717) is 17.7 Å². The molecule has 0 radical (unpaired) electrons. The van der Waals surface area contributed by atoms with E-state index in [-0.39, 0.29) is 30.6 Å². The number of rotatable bonds is 9. The molecule has 0 atom stereocenters. The molecule has 0 saturated carbocycles. The topological polar surface area (TPSA) is 96.3 Å². The van der Waals surface area contributed by atoms with Gasteiger partial charge in [-0.05, 0) is 24.1 Å². The van der Waals surface area contributed by atoms with E-state index >= 15 is 0 Å². The van der Waals surface area contributed by atoms with Crippen LogP contribution >= 0.6 is 0 Å². The van der Waals surface area contributed by atoms with E-state index < -0.39 is 9.84 Å². The summed E-state index contributed by atoms with van der Waals surface area (Å²) >= 11 is 0. The molecular formula is C19H20N2O4S. The average molecular weight is 372 g/mol. The molecule has 0 fully saturated rings. The van der Waals surface area contributed by atoms with Crippen LogP contribution in [0.1, 0.15) is 17.5 Å². The highest BCUT2D eigenvalue weighted by Gasteiger charge is 2.12. The van der Waals surface area contributed by atoms with Crippen LogP contribution in [-0.2, 0) is 20.4 Å². The summed E-state index contributed by atoms with van der Waals surface area (Å²) in [6.07, 6.45) is 0.329. The van der Waals surface area contributed by atoms with E-state index in [1.807, 2.05) is 12.1 Å². The molecule has 0 aliphatic rings. The van der Waals surface area contributed by atoms with Crippen LogP contribution in [0.5, 0.6) is 5.75 Å². The first kappa shape index (κ1) is 19.5. The van der Waals surface area contributed by atoms with Crippen LogP contribution in [0.2, 0.25) is 0 Å². The van der Waals surface area contributed by atoms with Crippen molar-refractivity contribution in [1.29, 1.82) is 5.26 Å². The Bertz CT molecular complexity index is 874. The number of benzene rings is 2. The summed E-state index contributed by atoms with van der Waals surface area (Å²) < 4.78 is 29.4. The fourth-order valence-electron chi connectivity index (χ4n) is 2.30. The van der Waals surface area contributed by atoms with Gasteiger partial charge in [-0.1, -0.05) is 42.5 Å². The first-order chi connectivity index (χ1) is 12.5. The summed E-state index contributed by atoms with van der Waals surface area (Å²) in [6.45, 7) is 0.0194. The highest BCUT2D eigenvalue weighted by molar-refractivity contribution is 7.90. The largest absolute Gasteiger partial charge is 0.482 e. The smallest absolute Gasteiger partial charge is 0.257 e. The number of ether oxygens (including phenoxy) is 1. The Morgan fingerprint density at radius 1 is 1.08 bits per heavy atom. The number of hydrogen-bond donors (Lipinski definition) is 1. The molecule has 26 heavy (non-hydrogen) atoms. The molecule has 0 saturated heterocycles. The third kappa shape index (κ3) is 6.57. The van der Waals surface area contributed by atoms with Crippen molar-refractivity contribution in [3.8, 4) is 11.8 Å². The molecule has 0 spiro atoms. The normalized spacial score (nSPS) is 10.7. The second kappa shape index (κ2) is 9.59. The van der Waals surface area contributed by atoms with Crippen LogP contribution in [0.15, 0.2) is 54.6 Å². The third-order valence-corrected chi connectivity index (χ3v) is 5.23. The number of hydrogen-bond acceptors (Lipinski definition) is 5. The molecule has 2 rings (SSSR count). The van der Waals surface area contributed by atoms with Crippen molar-refractivity contribution < 1.29 is 17.9 Å². The van der Waals surface area contributed by atoms with Gasteiger partial charge >= 0.3 is 0 Å². The standard InChI is InChI=1S/C19H20N2O4S/c20-13-17-9-4-5-10-18(17)25-14-19(22)21-11-6-12-26(23,24)15-16-7-2-1-3-8-16/h1-5,7-10H,6,11-12,14-15H2,(H,21,22). The summed E-state index contributed by atoms with van der Waals surface area (Å²) in [4.78, 5) is 11.8. The van der Waals surface area contributed by atoms with Crippen LogP contribution in [0.25, 0.3) is 0 Å². The maximum Gasteiger partial charge on any atom is 0.257 e. The molecule has 6 nitrogen and oxygen atoms in total. The van der Waals surface area contributed by atoms with Gasteiger partial charge in [0.05, 0.1) is 17.1 Å². The predicted molar refractivity (Wildman–Crippen MR) is 98.2 cm³/mol. The van der Waals surface area contributed by atoms with E-state index in [9.17, 15) is 13.2 Å². The van der Waals surface area contributed by atoms with Crippen LogP contribution in [0.3, 0.4) is 0 Å². The van der Waals surface area contributed by atoms with Crippen LogP contribution < -0.4 is 10.1 Å². The zero-order valence-electron chi connectivity index (χ0n) is 14.2. The summed E-state index contributed by atoms with van der Waals surface area (Å²) in [6, 6.07) is 17.6. The molecule has 1 amide bonds. The van der Waals surface area contributed by atoms with Gasteiger partial charge in [0, 0.05) is 6.54 Å². The number of nitrogens with zero attached hydrogens (tertiary/aromatic N) is 1. The highest BCUT2D eigenvalue weighted by atomic mass is 32.2.